The quantitative estimate of drug-likeness (QED) is 0.666. The molecule has 0 spiro atoms. The standard InChI is InChI=1S/C20H34N2O2/c1-4-13-22(14-7-5-6-12-21)17-9-10-18-16(15-17)8-11-19(23-2)20(18)24-3/h8,11,17H,4-7,9-10,12-15,21H2,1-3H3/t17-/m0/s1. The second-order valence-corrected chi connectivity index (χ2v) is 6.72. The molecule has 1 aliphatic carbocycles. The van der Waals surface area contributed by atoms with E-state index in [-0.39, 0.29) is 0 Å². The molecule has 1 aliphatic rings. The molecule has 24 heavy (non-hydrogen) atoms. The summed E-state index contributed by atoms with van der Waals surface area (Å²) in [6.07, 6.45) is 8.25. The monoisotopic (exact) mass is 334 g/mol. The van der Waals surface area contributed by atoms with Crippen LogP contribution in [-0.4, -0.2) is 44.8 Å². The Morgan fingerprint density at radius 2 is 1.96 bits per heavy atom. The van der Waals surface area contributed by atoms with Gasteiger partial charge < -0.3 is 20.1 Å². The maximum Gasteiger partial charge on any atom is 0.164 e. The number of rotatable bonds is 10. The summed E-state index contributed by atoms with van der Waals surface area (Å²) in [7, 11) is 3.45. The molecule has 0 fully saturated rings. The van der Waals surface area contributed by atoms with E-state index in [0.29, 0.717) is 6.04 Å². The Labute approximate surface area is 147 Å². The lowest BCUT2D eigenvalue weighted by atomic mass is 9.86. The molecule has 0 amide bonds. The van der Waals surface area contributed by atoms with Crippen LogP contribution in [0.15, 0.2) is 12.1 Å². The highest BCUT2D eigenvalue weighted by molar-refractivity contribution is 5.52. The molecule has 2 rings (SSSR count). The zero-order chi connectivity index (χ0) is 17.4. The third kappa shape index (κ3) is 4.64. The van der Waals surface area contributed by atoms with Crippen molar-refractivity contribution in [3.8, 4) is 11.5 Å². The number of hydrogen-bond acceptors (Lipinski definition) is 4. The van der Waals surface area contributed by atoms with E-state index in [0.717, 1.165) is 37.3 Å². The highest BCUT2D eigenvalue weighted by Gasteiger charge is 2.26. The maximum atomic E-state index is 5.62. The van der Waals surface area contributed by atoms with Gasteiger partial charge in [0.05, 0.1) is 14.2 Å². The lowest BCUT2D eigenvalue weighted by Crippen LogP contribution is -2.40. The molecule has 0 radical (unpaired) electrons. The van der Waals surface area contributed by atoms with Gasteiger partial charge in [0.1, 0.15) is 0 Å². The first-order valence-corrected chi connectivity index (χ1v) is 9.42. The summed E-state index contributed by atoms with van der Waals surface area (Å²) in [4.78, 5) is 2.69. The van der Waals surface area contributed by atoms with Crippen molar-refractivity contribution in [1.82, 2.24) is 4.90 Å². The molecule has 0 heterocycles. The summed E-state index contributed by atoms with van der Waals surface area (Å²) in [5.74, 6) is 1.78. The minimum absolute atomic E-state index is 0.647. The van der Waals surface area contributed by atoms with Gasteiger partial charge in [-0.1, -0.05) is 19.4 Å². The van der Waals surface area contributed by atoms with Crippen molar-refractivity contribution in [2.24, 2.45) is 5.73 Å². The zero-order valence-electron chi connectivity index (χ0n) is 15.6. The highest BCUT2D eigenvalue weighted by Crippen LogP contribution is 2.38. The topological polar surface area (TPSA) is 47.7 Å². The van der Waals surface area contributed by atoms with Gasteiger partial charge in [0, 0.05) is 11.6 Å². The van der Waals surface area contributed by atoms with Gasteiger partial charge in [0.25, 0.3) is 0 Å². The van der Waals surface area contributed by atoms with Crippen molar-refractivity contribution in [1.29, 1.82) is 0 Å². The van der Waals surface area contributed by atoms with Crippen LogP contribution in [0.25, 0.3) is 0 Å². The predicted molar refractivity (Wildman–Crippen MR) is 100 cm³/mol. The fourth-order valence-electron chi connectivity index (χ4n) is 3.88. The van der Waals surface area contributed by atoms with E-state index in [1.165, 1.54) is 49.9 Å². The molecule has 0 bridgehead atoms. The first kappa shape index (κ1) is 19.1. The highest BCUT2D eigenvalue weighted by atomic mass is 16.5. The minimum Gasteiger partial charge on any atom is -0.493 e. The number of fused-ring (bicyclic) bond motifs is 1. The molecule has 0 unspecified atom stereocenters. The number of methoxy groups -OCH3 is 2. The Morgan fingerprint density at radius 3 is 2.62 bits per heavy atom. The molecule has 4 heteroatoms. The first-order chi connectivity index (χ1) is 11.7. The number of nitrogens with two attached hydrogens (primary N) is 1. The third-order valence-electron chi connectivity index (χ3n) is 5.11. The van der Waals surface area contributed by atoms with Crippen molar-refractivity contribution >= 4 is 0 Å². The van der Waals surface area contributed by atoms with Crippen LogP contribution in [-0.2, 0) is 12.8 Å². The summed E-state index contributed by atoms with van der Waals surface area (Å²) in [5.41, 5.74) is 8.38. The smallest absolute Gasteiger partial charge is 0.164 e. The van der Waals surface area contributed by atoms with E-state index >= 15 is 0 Å². The van der Waals surface area contributed by atoms with Gasteiger partial charge in [0.15, 0.2) is 11.5 Å². The van der Waals surface area contributed by atoms with Gasteiger partial charge in [-0.25, -0.2) is 0 Å². The van der Waals surface area contributed by atoms with E-state index in [2.05, 4.69) is 17.9 Å². The van der Waals surface area contributed by atoms with E-state index in [4.69, 9.17) is 15.2 Å². The van der Waals surface area contributed by atoms with Gasteiger partial charge in [-0.2, -0.15) is 0 Å². The zero-order valence-corrected chi connectivity index (χ0v) is 15.6. The summed E-state index contributed by atoms with van der Waals surface area (Å²) in [6, 6.07) is 4.92. The molecule has 4 nitrogen and oxygen atoms in total. The van der Waals surface area contributed by atoms with E-state index in [9.17, 15) is 0 Å². The normalized spacial score (nSPS) is 17.0. The lowest BCUT2D eigenvalue weighted by molar-refractivity contribution is 0.175. The Hall–Kier alpha value is -1.26. The van der Waals surface area contributed by atoms with Crippen molar-refractivity contribution in [2.45, 2.75) is 57.9 Å². The van der Waals surface area contributed by atoms with Crippen LogP contribution in [0.4, 0.5) is 0 Å². The van der Waals surface area contributed by atoms with Crippen LogP contribution in [0.1, 0.15) is 50.2 Å². The first-order valence-electron chi connectivity index (χ1n) is 9.42. The molecule has 0 saturated heterocycles. The predicted octanol–water partition coefficient (Wildman–Crippen LogP) is 3.40. The second-order valence-electron chi connectivity index (χ2n) is 6.72. The van der Waals surface area contributed by atoms with Gasteiger partial charge in [0.2, 0.25) is 0 Å². The van der Waals surface area contributed by atoms with Crippen LogP contribution < -0.4 is 15.2 Å². The Kier molecular flexibility index (Phi) is 7.86. The summed E-state index contributed by atoms with van der Waals surface area (Å²) in [6.45, 7) is 5.47. The molecule has 0 aliphatic heterocycles. The summed E-state index contributed by atoms with van der Waals surface area (Å²) >= 11 is 0. The number of ether oxygens (including phenoxy) is 2. The van der Waals surface area contributed by atoms with Gasteiger partial charge in [-0.3, -0.25) is 0 Å². The van der Waals surface area contributed by atoms with Crippen molar-refractivity contribution in [3.63, 3.8) is 0 Å². The van der Waals surface area contributed by atoms with Crippen LogP contribution in [0.3, 0.4) is 0 Å². The molecule has 1 aromatic carbocycles. The van der Waals surface area contributed by atoms with E-state index in [1.807, 2.05) is 6.07 Å². The SMILES string of the molecule is CCCN(CCCCCN)[C@H]1CCc2c(ccc(OC)c2OC)C1. The molecule has 2 N–H and O–H groups in total. The van der Waals surface area contributed by atoms with Crippen molar-refractivity contribution in [2.75, 3.05) is 33.9 Å². The van der Waals surface area contributed by atoms with Crippen LogP contribution in [0, 0.1) is 0 Å². The van der Waals surface area contributed by atoms with Crippen molar-refractivity contribution < 1.29 is 9.47 Å². The Bertz CT molecular complexity index is 505. The average molecular weight is 335 g/mol. The minimum atomic E-state index is 0.647. The largest absolute Gasteiger partial charge is 0.493 e. The number of unbranched alkanes of at least 4 members (excludes halogenated alkanes) is 2. The van der Waals surface area contributed by atoms with Gasteiger partial charge >= 0.3 is 0 Å². The Balaban J connectivity index is 2.06. The molecule has 1 atom stereocenters. The third-order valence-corrected chi connectivity index (χ3v) is 5.11. The number of nitrogens with zero attached hydrogens (tertiary/aromatic N) is 1. The van der Waals surface area contributed by atoms with Crippen LogP contribution in [0.5, 0.6) is 11.5 Å². The molecule has 0 aromatic heterocycles. The molecule has 136 valence electrons. The Morgan fingerprint density at radius 1 is 1.12 bits per heavy atom. The molecular formula is C20H34N2O2. The fourth-order valence-corrected chi connectivity index (χ4v) is 3.88. The van der Waals surface area contributed by atoms with Crippen LogP contribution in [0.2, 0.25) is 0 Å². The van der Waals surface area contributed by atoms with Gasteiger partial charge in [-0.15, -0.1) is 0 Å². The molecular weight excluding hydrogens is 300 g/mol. The fraction of sp³-hybridized carbons (Fsp3) is 0.700. The molecule has 0 saturated carbocycles. The second kappa shape index (κ2) is 9.90. The average Bonchev–Trinajstić information content (AvgIpc) is 2.62. The van der Waals surface area contributed by atoms with Crippen molar-refractivity contribution in [3.05, 3.63) is 23.3 Å². The lowest BCUT2D eigenvalue weighted by Gasteiger charge is -2.36. The summed E-state index contributed by atoms with van der Waals surface area (Å²) < 4.78 is 11.1. The summed E-state index contributed by atoms with van der Waals surface area (Å²) in [5, 5.41) is 0. The van der Waals surface area contributed by atoms with Crippen LogP contribution >= 0.6 is 0 Å². The van der Waals surface area contributed by atoms with E-state index in [1.54, 1.807) is 14.2 Å². The number of hydrogen-bond donors (Lipinski definition) is 1. The molecule has 1 aromatic rings. The van der Waals surface area contributed by atoms with E-state index < -0.39 is 0 Å². The number of benzene rings is 1. The van der Waals surface area contributed by atoms with Gasteiger partial charge in [-0.05, 0) is 69.8 Å². The maximum absolute atomic E-state index is 5.62.